The van der Waals surface area contributed by atoms with Gasteiger partial charge in [-0.25, -0.2) is 4.79 Å². The average Bonchev–Trinajstić information content (AvgIpc) is 3.73. The molecule has 7 nitrogen and oxygen atoms in total. The van der Waals surface area contributed by atoms with Gasteiger partial charge in [0.1, 0.15) is 18.3 Å². The Kier molecular flexibility index (Phi) is 5.77. The van der Waals surface area contributed by atoms with Gasteiger partial charge in [0.05, 0.1) is 12.2 Å². The minimum atomic E-state index is -1.21. The van der Waals surface area contributed by atoms with E-state index < -0.39 is 18.1 Å². The number of esters is 2. The van der Waals surface area contributed by atoms with Gasteiger partial charge in [-0.05, 0) is 66.3 Å². The Balaban J connectivity index is 1.40. The minimum Gasteiger partial charge on any atom is -0.462 e. The van der Waals surface area contributed by atoms with Crippen LogP contribution in [0.15, 0.2) is 24.3 Å². The number of aliphatic hydroxyl groups excluding tert-OH is 1. The monoisotopic (exact) mass is 540 g/mol. The van der Waals surface area contributed by atoms with Crippen molar-refractivity contribution in [2.75, 3.05) is 0 Å². The van der Waals surface area contributed by atoms with Gasteiger partial charge in [0.15, 0.2) is 5.78 Å². The highest BCUT2D eigenvalue weighted by Crippen LogP contribution is 2.89. The molecular weight excluding hydrogens is 496 g/mol. The Hall–Kier alpha value is -1.99. The van der Waals surface area contributed by atoms with Gasteiger partial charge in [-0.3, -0.25) is 9.59 Å². The summed E-state index contributed by atoms with van der Waals surface area (Å²) in [5.41, 5.74) is -0.240. The molecular formula is C32H44O7. The number of ether oxygens (including phenoxy) is 3. The Morgan fingerprint density at radius 1 is 1.15 bits per heavy atom. The molecule has 1 saturated heterocycles. The number of carbonyl (C=O) groups excluding carboxylic acids is 3. The van der Waals surface area contributed by atoms with Crippen LogP contribution >= 0.6 is 0 Å². The second kappa shape index (κ2) is 8.28. The lowest BCUT2D eigenvalue weighted by molar-refractivity contribution is -0.154. The van der Waals surface area contributed by atoms with Gasteiger partial charge >= 0.3 is 11.9 Å². The molecule has 0 radical (unpaired) electrons. The summed E-state index contributed by atoms with van der Waals surface area (Å²) in [6.07, 6.45) is 5.60. The Morgan fingerprint density at radius 3 is 2.49 bits per heavy atom. The molecule has 4 saturated carbocycles. The van der Waals surface area contributed by atoms with Crippen LogP contribution in [0.5, 0.6) is 0 Å². The Morgan fingerprint density at radius 2 is 1.85 bits per heavy atom. The third-order valence-electron chi connectivity index (χ3n) is 12.7. The first-order valence-corrected chi connectivity index (χ1v) is 14.8. The van der Waals surface area contributed by atoms with Gasteiger partial charge in [-0.1, -0.05) is 47.3 Å². The molecule has 4 aliphatic carbocycles. The summed E-state index contributed by atoms with van der Waals surface area (Å²) in [6, 6.07) is 0. The van der Waals surface area contributed by atoms with Crippen molar-refractivity contribution < 1.29 is 33.7 Å². The van der Waals surface area contributed by atoms with E-state index in [1.165, 1.54) is 6.92 Å². The van der Waals surface area contributed by atoms with E-state index >= 15 is 0 Å². The first-order chi connectivity index (χ1) is 18.1. The van der Waals surface area contributed by atoms with Crippen LogP contribution in [0.25, 0.3) is 0 Å². The number of aliphatic hydroxyl groups is 1. The van der Waals surface area contributed by atoms with Gasteiger partial charge < -0.3 is 19.3 Å². The maximum absolute atomic E-state index is 13.2. The first-order valence-electron chi connectivity index (χ1n) is 14.8. The Bertz CT molecular complexity index is 1170. The largest absolute Gasteiger partial charge is 0.462 e. The summed E-state index contributed by atoms with van der Waals surface area (Å²) in [7, 11) is 0. The lowest BCUT2D eigenvalue weighted by Gasteiger charge is -2.59. The average molecular weight is 541 g/mol. The summed E-state index contributed by atoms with van der Waals surface area (Å²) in [6.45, 7) is 17.8. The summed E-state index contributed by atoms with van der Waals surface area (Å²) in [5.74, 6) is -1.23. The van der Waals surface area contributed by atoms with Crippen molar-refractivity contribution in [1.82, 2.24) is 0 Å². The number of Topliss-reactive ketones (excluding diaryl/α,β-unsaturated/α-hetero) is 1. The van der Waals surface area contributed by atoms with Crippen molar-refractivity contribution in [3.8, 4) is 0 Å². The standard InChI is InChI=1S/C32H44O7/c1-15(2)16(3)24(35)25(36)17(4)22-20(38-19(6)33)13-30(8)28-27-26(39-27)23-18(5)37-21(34)9-10-31(23)14-32(28,31)12-11-29(22,30)7/h9-10,15,17-18,20,22-23,25-28,36H,3,11-14H2,1-2,4-8H3. The number of hydrogen-bond acceptors (Lipinski definition) is 7. The molecule has 214 valence electrons. The third-order valence-corrected chi connectivity index (χ3v) is 12.7. The highest BCUT2D eigenvalue weighted by atomic mass is 16.6. The molecule has 0 bridgehead atoms. The number of carbonyl (C=O) groups is 3. The number of allylic oxidation sites excluding steroid dienone is 1. The second-order valence-electron chi connectivity index (χ2n) is 14.5. The topological polar surface area (TPSA) is 102 Å². The zero-order chi connectivity index (χ0) is 28.4. The zero-order valence-corrected chi connectivity index (χ0v) is 24.4. The van der Waals surface area contributed by atoms with E-state index in [9.17, 15) is 19.5 Å². The SMILES string of the molecule is C=C(C(=O)C(O)C(C)C1C(OC(C)=O)CC2(C)C3C4OC4C4C(C)OC(=O)C=CC45CC35CCC12C)C(C)C. The predicted octanol–water partition coefficient (Wildman–Crippen LogP) is 4.41. The van der Waals surface area contributed by atoms with E-state index in [1.54, 1.807) is 6.08 Å². The van der Waals surface area contributed by atoms with Crippen LogP contribution in [0, 0.1) is 51.2 Å². The number of cyclic esters (lactones) is 1. The van der Waals surface area contributed by atoms with Crippen LogP contribution < -0.4 is 0 Å². The molecule has 2 heterocycles. The summed E-state index contributed by atoms with van der Waals surface area (Å²) < 4.78 is 18.3. The van der Waals surface area contributed by atoms with Gasteiger partial charge in [-0.15, -0.1) is 0 Å². The van der Waals surface area contributed by atoms with Crippen molar-refractivity contribution in [3.05, 3.63) is 24.3 Å². The third kappa shape index (κ3) is 3.32. The maximum atomic E-state index is 13.2. The van der Waals surface area contributed by atoms with Crippen molar-refractivity contribution >= 4 is 17.7 Å². The molecule has 0 aromatic heterocycles. The fraction of sp³-hybridized carbons (Fsp3) is 0.781. The number of rotatable bonds is 6. The normalized spacial score (nSPS) is 50.2. The van der Waals surface area contributed by atoms with Crippen molar-refractivity contribution in [2.45, 2.75) is 105 Å². The van der Waals surface area contributed by atoms with Crippen molar-refractivity contribution in [3.63, 3.8) is 0 Å². The molecule has 0 aromatic rings. The quantitative estimate of drug-likeness (QED) is 0.302. The van der Waals surface area contributed by atoms with E-state index in [1.807, 2.05) is 27.7 Å². The van der Waals surface area contributed by atoms with Gasteiger partial charge in [0.2, 0.25) is 0 Å². The van der Waals surface area contributed by atoms with E-state index in [0.717, 1.165) is 19.3 Å². The fourth-order valence-electron chi connectivity index (χ4n) is 10.8. The van der Waals surface area contributed by atoms with Crippen LogP contribution in [-0.2, 0) is 28.6 Å². The molecule has 0 aromatic carbocycles. The van der Waals surface area contributed by atoms with Crippen LogP contribution in [0.3, 0.4) is 0 Å². The summed E-state index contributed by atoms with van der Waals surface area (Å²) >= 11 is 0. The minimum absolute atomic E-state index is 0.00159. The molecule has 6 aliphatic rings. The molecule has 2 aliphatic heterocycles. The Labute approximate surface area is 231 Å². The number of hydrogen-bond donors (Lipinski definition) is 1. The molecule has 39 heavy (non-hydrogen) atoms. The van der Waals surface area contributed by atoms with Gasteiger partial charge in [0, 0.05) is 36.2 Å². The first kappa shape index (κ1) is 27.2. The lowest BCUT2D eigenvalue weighted by Crippen LogP contribution is -2.58. The van der Waals surface area contributed by atoms with Gasteiger partial charge in [-0.2, -0.15) is 0 Å². The summed E-state index contributed by atoms with van der Waals surface area (Å²) in [4.78, 5) is 38.0. The molecule has 7 heteroatoms. The highest BCUT2D eigenvalue weighted by molar-refractivity contribution is 5.98. The van der Waals surface area contributed by atoms with Crippen LogP contribution in [-0.4, -0.2) is 53.3 Å². The molecule has 5 fully saturated rings. The molecule has 0 amide bonds. The fourth-order valence-corrected chi connectivity index (χ4v) is 10.8. The molecule has 2 spiro atoms. The van der Waals surface area contributed by atoms with Crippen LogP contribution in [0.1, 0.15) is 74.1 Å². The molecule has 13 unspecified atom stereocenters. The lowest BCUT2D eigenvalue weighted by atomic mass is 9.44. The zero-order valence-electron chi connectivity index (χ0n) is 24.4. The molecule has 6 rings (SSSR count). The van der Waals surface area contributed by atoms with Crippen molar-refractivity contribution in [2.24, 2.45) is 51.2 Å². The number of fused-ring (bicyclic) bond motifs is 5. The molecule has 1 N–H and O–H groups in total. The maximum Gasteiger partial charge on any atom is 0.330 e. The predicted molar refractivity (Wildman–Crippen MR) is 143 cm³/mol. The summed E-state index contributed by atoms with van der Waals surface area (Å²) in [5, 5.41) is 11.4. The smallest absolute Gasteiger partial charge is 0.330 e. The van der Waals surface area contributed by atoms with E-state index in [4.69, 9.17) is 14.2 Å². The van der Waals surface area contributed by atoms with Crippen molar-refractivity contribution in [1.29, 1.82) is 0 Å². The van der Waals surface area contributed by atoms with E-state index in [0.29, 0.717) is 12.0 Å². The number of ketones is 1. The van der Waals surface area contributed by atoms with Crippen LogP contribution in [0.4, 0.5) is 0 Å². The van der Waals surface area contributed by atoms with Crippen LogP contribution in [0.2, 0.25) is 0 Å². The second-order valence-corrected chi connectivity index (χ2v) is 14.5. The van der Waals surface area contributed by atoms with E-state index in [2.05, 4.69) is 26.5 Å². The number of epoxide rings is 1. The van der Waals surface area contributed by atoms with E-state index in [-0.39, 0.29) is 81.4 Å². The van der Waals surface area contributed by atoms with Gasteiger partial charge in [0.25, 0.3) is 0 Å². The molecule has 13 atom stereocenters. The highest BCUT2D eigenvalue weighted by Gasteiger charge is 2.88.